The lowest BCUT2D eigenvalue weighted by Gasteiger charge is -2.16. The summed E-state index contributed by atoms with van der Waals surface area (Å²) in [6.07, 6.45) is -4.67. The Balaban J connectivity index is 1.72. The van der Waals surface area contributed by atoms with Crippen LogP contribution in [0.1, 0.15) is 37.7 Å². The zero-order valence-electron chi connectivity index (χ0n) is 18.2. The van der Waals surface area contributed by atoms with Gasteiger partial charge in [-0.3, -0.25) is 14.4 Å². The topological polar surface area (TPSA) is 93.1 Å². The molecule has 0 unspecified atom stereocenters. The van der Waals surface area contributed by atoms with Crippen molar-refractivity contribution in [2.24, 2.45) is 0 Å². The summed E-state index contributed by atoms with van der Waals surface area (Å²) < 4.78 is 54.7. The molecule has 1 heterocycles. The minimum atomic E-state index is -4.67. The van der Waals surface area contributed by atoms with Crippen LogP contribution < -0.4 is 16.1 Å². The van der Waals surface area contributed by atoms with Crippen LogP contribution in [0.4, 0.5) is 17.6 Å². The molecule has 0 fully saturated rings. The fourth-order valence-corrected chi connectivity index (χ4v) is 3.12. The minimum Gasteiger partial charge on any atom is -0.350 e. The molecule has 0 bridgehead atoms. The molecule has 0 spiro atoms. The highest BCUT2D eigenvalue weighted by Crippen LogP contribution is 2.33. The number of carbonyl (C=O) groups is 2. The van der Waals surface area contributed by atoms with Gasteiger partial charge in [0.05, 0.1) is 11.3 Å². The lowest BCUT2D eigenvalue weighted by atomic mass is 10.1. The average Bonchev–Trinajstić information content (AvgIpc) is 2.77. The van der Waals surface area contributed by atoms with E-state index in [1.54, 1.807) is 6.92 Å². The molecule has 0 saturated carbocycles. The van der Waals surface area contributed by atoms with E-state index in [4.69, 9.17) is 0 Å². The van der Waals surface area contributed by atoms with E-state index in [1.165, 1.54) is 37.3 Å². The van der Waals surface area contributed by atoms with Crippen molar-refractivity contribution in [2.45, 2.75) is 20.0 Å². The summed E-state index contributed by atoms with van der Waals surface area (Å²) in [6, 6.07) is 9.66. The molecule has 0 atom stereocenters. The minimum absolute atomic E-state index is 0.0446. The SMILES string of the molecule is Cc1ccc(C(=O)NCCNC(=O)c2nn(-c3ccccc3C(F)(F)F)c(C)cc2=O)cc1F. The van der Waals surface area contributed by atoms with Crippen molar-refractivity contribution < 1.29 is 27.2 Å². The van der Waals surface area contributed by atoms with E-state index in [9.17, 15) is 31.9 Å². The number of alkyl halides is 3. The first-order chi connectivity index (χ1) is 16.0. The zero-order valence-corrected chi connectivity index (χ0v) is 18.2. The van der Waals surface area contributed by atoms with Gasteiger partial charge in [-0.05, 0) is 43.7 Å². The number of rotatable bonds is 6. The molecule has 2 N–H and O–H groups in total. The lowest BCUT2D eigenvalue weighted by molar-refractivity contribution is -0.137. The maximum Gasteiger partial charge on any atom is 0.418 e. The third kappa shape index (κ3) is 5.48. The molecule has 2 amide bonds. The average molecular weight is 476 g/mol. The normalized spacial score (nSPS) is 11.2. The Bertz CT molecular complexity index is 1300. The Morgan fingerprint density at radius 2 is 1.62 bits per heavy atom. The van der Waals surface area contributed by atoms with E-state index in [-0.39, 0.29) is 30.0 Å². The molecule has 0 aliphatic rings. The van der Waals surface area contributed by atoms with Gasteiger partial charge in [0.25, 0.3) is 11.8 Å². The van der Waals surface area contributed by atoms with E-state index in [0.29, 0.717) is 5.56 Å². The summed E-state index contributed by atoms with van der Waals surface area (Å²) in [6.45, 7) is 2.80. The number of hydrogen-bond acceptors (Lipinski definition) is 4. The number of nitrogens with zero attached hydrogens (tertiary/aromatic N) is 2. The molecule has 0 aliphatic carbocycles. The van der Waals surface area contributed by atoms with Crippen LogP contribution in [0.2, 0.25) is 0 Å². The van der Waals surface area contributed by atoms with Crippen molar-refractivity contribution in [3.63, 3.8) is 0 Å². The third-order valence-corrected chi connectivity index (χ3v) is 4.89. The molecule has 0 saturated heterocycles. The molecule has 2 aromatic carbocycles. The van der Waals surface area contributed by atoms with Gasteiger partial charge in [0.1, 0.15) is 5.82 Å². The van der Waals surface area contributed by atoms with Gasteiger partial charge in [-0.25, -0.2) is 9.07 Å². The van der Waals surface area contributed by atoms with Gasteiger partial charge in [0.15, 0.2) is 5.69 Å². The lowest BCUT2D eigenvalue weighted by Crippen LogP contribution is -2.37. The van der Waals surface area contributed by atoms with E-state index >= 15 is 0 Å². The molecule has 3 rings (SSSR count). The summed E-state index contributed by atoms with van der Waals surface area (Å²) in [5, 5.41) is 8.73. The van der Waals surface area contributed by atoms with Crippen molar-refractivity contribution in [3.05, 3.63) is 92.6 Å². The molecule has 0 radical (unpaired) electrons. The fraction of sp³-hybridized carbons (Fsp3) is 0.217. The molecule has 1 aromatic heterocycles. The number of aromatic nitrogens is 2. The molecule has 178 valence electrons. The molecular formula is C23H20F4N4O3. The fourth-order valence-electron chi connectivity index (χ4n) is 3.12. The van der Waals surface area contributed by atoms with Gasteiger partial charge >= 0.3 is 6.18 Å². The summed E-state index contributed by atoms with van der Waals surface area (Å²) in [4.78, 5) is 36.8. The number of amides is 2. The van der Waals surface area contributed by atoms with E-state index in [2.05, 4.69) is 15.7 Å². The number of benzene rings is 2. The molecule has 11 heteroatoms. The van der Waals surface area contributed by atoms with Crippen LogP contribution in [0.5, 0.6) is 0 Å². The molecule has 7 nitrogen and oxygen atoms in total. The molecular weight excluding hydrogens is 456 g/mol. The highest BCUT2D eigenvalue weighted by Gasteiger charge is 2.34. The van der Waals surface area contributed by atoms with Gasteiger partial charge in [-0.15, -0.1) is 0 Å². The van der Waals surface area contributed by atoms with Gasteiger partial charge in [0, 0.05) is 30.4 Å². The number of halogens is 4. The van der Waals surface area contributed by atoms with Gasteiger partial charge in [-0.1, -0.05) is 18.2 Å². The smallest absolute Gasteiger partial charge is 0.350 e. The molecule has 34 heavy (non-hydrogen) atoms. The first kappa shape index (κ1) is 24.6. The largest absolute Gasteiger partial charge is 0.418 e. The standard InChI is InChI=1S/C23H20F4N4O3/c1-13-7-8-15(12-17(13)24)21(33)28-9-10-29-22(34)20-19(32)11-14(2)31(30-20)18-6-4-3-5-16(18)23(25,26)27/h3-8,11-12H,9-10H2,1-2H3,(H,28,33)(H,29,34). The highest BCUT2D eigenvalue weighted by atomic mass is 19.4. The van der Waals surface area contributed by atoms with Gasteiger partial charge in [0.2, 0.25) is 5.43 Å². The highest BCUT2D eigenvalue weighted by molar-refractivity contribution is 5.94. The van der Waals surface area contributed by atoms with E-state index in [1.807, 2.05) is 0 Å². The molecule has 0 aliphatic heterocycles. The number of nitrogens with one attached hydrogen (secondary N) is 2. The van der Waals surface area contributed by atoms with Crippen molar-refractivity contribution in [1.82, 2.24) is 20.4 Å². The van der Waals surface area contributed by atoms with E-state index < -0.39 is 40.5 Å². The first-order valence-corrected chi connectivity index (χ1v) is 10.1. The van der Waals surface area contributed by atoms with Crippen LogP contribution in [-0.2, 0) is 6.18 Å². The van der Waals surface area contributed by atoms with Crippen LogP contribution in [-0.4, -0.2) is 34.7 Å². The number of para-hydroxylation sites is 1. The maximum atomic E-state index is 13.6. The third-order valence-electron chi connectivity index (χ3n) is 4.89. The summed E-state index contributed by atoms with van der Waals surface area (Å²) in [5.41, 5.74) is -2.09. The number of hydrogen-bond donors (Lipinski definition) is 2. The summed E-state index contributed by atoms with van der Waals surface area (Å²) >= 11 is 0. The van der Waals surface area contributed by atoms with Gasteiger partial charge in [-0.2, -0.15) is 18.3 Å². The predicted octanol–water partition coefficient (Wildman–Crippen LogP) is 3.17. The van der Waals surface area contributed by atoms with Crippen LogP contribution in [0.3, 0.4) is 0 Å². The second kappa shape index (κ2) is 9.86. The van der Waals surface area contributed by atoms with Crippen LogP contribution >= 0.6 is 0 Å². The quantitative estimate of drug-likeness (QED) is 0.422. The number of aryl methyl sites for hydroxylation is 2. The van der Waals surface area contributed by atoms with Crippen molar-refractivity contribution in [1.29, 1.82) is 0 Å². The maximum absolute atomic E-state index is 13.6. The Hall–Kier alpha value is -4.02. The monoisotopic (exact) mass is 476 g/mol. The van der Waals surface area contributed by atoms with Crippen LogP contribution in [0, 0.1) is 19.7 Å². The Morgan fingerprint density at radius 3 is 2.26 bits per heavy atom. The summed E-state index contributed by atoms with van der Waals surface area (Å²) in [7, 11) is 0. The van der Waals surface area contributed by atoms with Crippen molar-refractivity contribution in [3.8, 4) is 5.69 Å². The Labute approximate surface area is 191 Å². The summed E-state index contributed by atoms with van der Waals surface area (Å²) in [5.74, 6) is -2.01. The molecule has 3 aromatic rings. The zero-order chi connectivity index (χ0) is 25.0. The second-order valence-electron chi connectivity index (χ2n) is 7.40. The van der Waals surface area contributed by atoms with Crippen LogP contribution in [0.25, 0.3) is 5.69 Å². The van der Waals surface area contributed by atoms with Crippen LogP contribution in [0.15, 0.2) is 53.3 Å². The first-order valence-electron chi connectivity index (χ1n) is 10.1. The second-order valence-corrected chi connectivity index (χ2v) is 7.40. The number of carbonyl (C=O) groups excluding carboxylic acids is 2. The van der Waals surface area contributed by atoms with Gasteiger partial charge < -0.3 is 10.6 Å². The Morgan fingerprint density at radius 1 is 0.971 bits per heavy atom. The predicted molar refractivity (Wildman–Crippen MR) is 115 cm³/mol. The Kier molecular flexibility index (Phi) is 7.14. The van der Waals surface area contributed by atoms with Crippen molar-refractivity contribution in [2.75, 3.05) is 13.1 Å². The van der Waals surface area contributed by atoms with E-state index in [0.717, 1.165) is 22.9 Å². The van der Waals surface area contributed by atoms with Crippen molar-refractivity contribution >= 4 is 11.8 Å².